The van der Waals surface area contributed by atoms with Gasteiger partial charge in [-0.15, -0.1) is 0 Å². The first-order valence-corrected chi connectivity index (χ1v) is 9.01. The second kappa shape index (κ2) is 7.56. The molecule has 0 saturated carbocycles. The van der Waals surface area contributed by atoms with Crippen molar-refractivity contribution in [3.63, 3.8) is 0 Å². The summed E-state index contributed by atoms with van der Waals surface area (Å²) in [6, 6.07) is 14.8. The molecule has 7 heteroatoms. The van der Waals surface area contributed by atoms with Crippen LogP contribution in [0.1, 0.15) is 22.8 Å². The van der Waals surface area contributed by atoms with E-state index in [0.29, 0.717) is 35.3 Å². The van der Waals surface area contributed by atoms with E-state index >= 15 is 0 Å². The monoisotopic (exact) mass is 376 g/mol. The third-order valence-corrected chi connectivity index (χ3v) is 4.50. The molecule has 0 aliphatic carbocycles. The fourth-order valence-corrected chi connectivity index (χ4v) is 3.16. The van der Waals surface area contributed by atoms with Gasteiger partial charge in [-0.05, 0) is 31.2 Å². The lowest BCUT2D eigenvalue weighted by Gasteiger charge is -2.23. The fraction of sp³-hybridized carbons (Fsp3) is 0.190. The van der Waals surface area contributed by atoms with E-state index in [4.69, 9.17) is 9.47 Å². The Labute approximate surface area is 163 Å². The second-order valence-corrected chi connectivity index (χ2v) is 6.20. The molecule has 1 amide bonds. The van der Waals surface area contributed by atoms with Crippen molar-refractivity contribution >= 4 is 23.2 Å². The number of methoxy groups -OCH3 is 1. The molecule has 1 aliphatic rings. The lowest BCUT2D eigenvalue weighted by Crippen LogP contribution is -2.20. The first-order valence-electron chi connectivity index (χ1n) is 9.01. The van der Waals surface area contributed by atoms with Gasteiger partial charge in [-0.3, -0.25) is 4.79 Å². The number of rotatable bonds is 5. The third-order valence-electron chi connectivity index (χ3n) is 4.50. The van der Waals surface area contributed by atoms with E-state index in [0.717, 1.165) is 11.3 Å². The molecule has 1 N–H and O–H groups in total. The summed E-state index contributed by atoms with van der Waals surface area (Å²) < 4.78 is 11.3. The summed E-state index contributed by atoms with van der Waals surface area (Å²) in [6.07, 6.45) is 1.67. The van der Waals surface area contributed by atoms with Crippen molar-refractivity contribution in [3.8, 4) is 11.6 Å². The zero-order chi connectivity index (χ0) is 19.5. The summed E-state index contributed by atoms with van der Waals surface area (Å²) in [5.41, 5.74) is 1.86. The Morgan fingerprint density at radius 3 is 2.68 bits per heavy atom. The van der Waals surface area contributed by atoms with Crippen molar-refractivity contribution in [2.24, 2.45) is 0 Å². The molecule has 2 aromatic heterocycles. The van der Waals surface area contributed by atoms with Gasteiger partial charge in [0, 0.05) is 24.4 Å². The van der Waals surface area contributed by atoms with E-state index < -0.39 is 0 Å². The van der Waals surface area contributed by atoms with E-state index in [1.807, 2.05) is 42.2 Å². The van der Waals surface area contributed by atoms with Gasteiger partial charge in [0.15, 0.2) is 5.82 Å². The Morgan fingerprint density at radius 2 is 1.93 bits per heavy atom. The summed E-state index contributed by atoms with van der Waals surface area (Å²) in [4.78, 5) is 23.7. The molecule has 1 aromatic carbocycles. The van der Waals surface area contributed by atoms with E-state index in [1.165, 1.54) is 0 Å². The van der Waals surface area contributed by atoms with Gasteiger partial charge < -0.3 is 19.7 Å². The van der Waals surface area contributed by atoms with Crippen LogP contribution in [0.25, 0.3) is 0 Å². The van der Waals surface area contributed by atoms with E-state index in [1.54, 1.807) is 31.5 Å². The van der Waals surface area contributed by atoms with Crippen molar-refractivity contribution in [2.75, 3.05) is 23.9 Å². The number of nitrogens with one attached hydrogen (secondary N) is 1. The van der Waals surface area contributed by atoms with Crippen molar-refractivity contribution in [1.82, 2.24) is 9.97 Å². The summed E-state index contributed by atoms with van der Waals surface area (Å²) in [5.74, 6) is 2.10. The van der Waals surface area contributed by atoms with E-state index in [9.17, 15) is 4.79 Å². The molecule has 28 heavy (non-hydrogen) atoms. The number of carbonyl (C=O) groups is 1. The summed E-state index contributed by atoms with van der Waals surface area (Å²) in [6.45, 7) is 2.83. The molecule has 0 bridgehead atoms. The highest BCUT2D eigenvalue weighted by atomic mass is 16.5. The largest absolute Gasteiger partial charge is 0.489 e. The fourth-order valence-electron chi connectivity index (χ4n) is 3.16. The van der Waals surface area contributed by atoms with Crippen LogP contribution in [0.5, 0.6) is 11.6 Å². The molecule has 4 rings (SSSR count). The number of hydrogen-bond donors (Lipinski definition) is 1. The predicted molar refractivity (Wildman–Crippen MR) is 106 cm³/mol. The quantitative estimate of drug-likeness (QED) is 0.730. The van der Waals surface area contributed by atoms with Gasteiger partial charge in [-0.25, -0.2) is 4.98 Å². The molecule has 1 aliphatic heterocycles. The van der Waals surface area contributed by atoms with Gasteiger partial charge in [0.25, 0.3) is 5.91 Å². The van der Waals surface area contributed by atoms with Crippen LogP contribution < -0.4 is 19.7 Å². The molecular formula is C21H20N4O3. The molecule has 7 nitrogen and oxygen atoms in total. The Bertz CT molecular complexity index is 1010. The molecule has 3 aromatic rings. The maximum atomic E-state index is 12.8. The highest BCUT2D eigenvalue weighted by molar-refractivity contribution is 6.11. The van der Waals surface area contributed by atoms with Gasteiger partial charge in [0.05, 0.1) is 18.4 Å². The van der Waals surface area contributed by atoms with Crippen LogP contribution in [0.2, 0.25) is 0 Å². The Hall–Kier alpha value is -3.61. The summed E-state index contributed by atoms with van der Waals surface area (Å²) >= 11 is 0. The number of hydrogen-bond acceptors (Lipinski definition) is 6. The lowest BCUT2D eigenvalue weighted by molar-refractivity contribution is 0.102. The standard InChI is InChI=1S/C21H20N4O3/c1-3-25-19-16(10-7-11-22-19)21(26)24-18-14(12-17(27-2)23-20(18)25)13-28-15-8-5-4-6-9-15/h4-12H,3,13H2,1-2H3,(H,24,26). The van der Waals surface area contributed by atoms with E-state index in [2.05, 4.69) is 15.3 Å². The van der Waals surface area contributed by atoms with Crippen LogP contribution in [-0.4, -0.2) is 29.5 Å². The average molecular weight is 376 g/mol. The van der Waals surface area contributed by atoms with Crippen LogP contribution in [0, 0.1) is 0 Å². The SMILES string of the molecule is CCN1c2ncccc2C(=O)Nc2c(COc3ccccc3)cc(OC)nc21. The molecular weight excluding hydrogens is 356 g/mol. The number of fused-ring (bicyclic) bond motifs is 2. The van der Waals surface area contributed by atoms with Crippen LogP contribution in [0.3, 0.4) is 0 Å². The Balaban J connectivity index is 1.80. The number of amides is 1. The van der Waals surface area contributed by atoms with E-state index in [-0.39, 0.29) is 12.5 Å². The number of ether oxygens (including phenoxy) is 2. The predicted octanol–water partition coefficient (Wildman–Crippen LogP) is 3.79. The minimum Gasteiger partial charge on any atom is -0.489 e. The topological polar surface area (TPSA) is 76.6 Å². The molecule has 3 heterocycles. The normalized spacial score (nSPS) is 12.5. The van der Waals surface area contributed by atoms with Crippen molar-refractivity contribution < 1.29 is 14.3 Å². The number of aromatic nitrogens is 2. The third kappa shape index (κ3) is 3.22. The molecule has 0 saturated heterocycles. The van der Waals surface area contributed by atoms with Crippen LogP contribution in [0.4, 0.5) is 17.3 Å². The molecule has 0 fully saturated rings. The molecule has 142 valence electrons. The first kappa shape index (κ1) is 17.8. The molecule has 0 atom stereocenters. The van der Waals surface area contributed by atoms with Gasteiger partial charge >= 0.3 is 0 Å². The maximum absolute atomic E-state index is 12.8. The average Bonchev–Trinajstić information content (AvgIpc) is 2.86. The Kier molecular flexibility index (Phi) is 4.80. The number of nitrogens with zero attached hydrogens (tertiary/aromatic N) is 3. The number of pyridine rings is 2. The second-order valence-electron chi connectivity index (χ2n) is 6.20. The molecule has 0 unspecified atom stereocenters. The van der Waals surface area contributed by atoms with Gasteiger partial charge in [0.1, 0.15) is 18.2 Å². The van der Waals surface area contributed by atoms with Crippen LogP contribution in [-0.2, 0) is 6.61 Å². The van der Waals surface area contributed by atoms with Crippen molar-refractivity contribution in [3.05, 3.63) is 65.9 Å². The van der Waals surface area contributed by atoms with Crippen molar-refractivity contribution in [1.29, 1.82) is 0 Å². The zero-order valence-corrected chi connectivity index (χ0v) is 15.7. The highest BCUT2D eigenvalue weighted by Gasteiger charge is 2.29. The number of benzene rings is 1. The van der Waals surface area contributed by atoms with Crippen molar-refractivity contribution in [2.45, 2.75) is 13.5 Å². The number of para-hydroxylation sites is 1. The van der Waals surface area contributed by atoms with Crippen LogP contribution >= 0.6 is 0 Å². The molecule has 0 spiro atoms. The summed E-state index contributed by atoms with van der Waals surface area (Å²) in [5, 5.41) is 2.98. The van der Waals surface area contributed by atoms with Crippen LogP contribution in [0.15, 0.2) is 54.7 Å². The Morgan fingerprint density at radius 1 is 1.11 bits per heavy atom. The number of anilines is 3. The smallest absolute Gasteiger partial charge is 0.259 e. The minimum absolute atomic E-state index is 0.228. The van der Waals surface area contributed by atoms with Gasteiger partial charge in [-0.1, -0.05) is 18.2 Å². The highest BCUT2D eigenvalue weighted by Crippen LogP contribution is 2.39. The minimum atomic E-state index is -0.228. The maximum Gasteiger partial charge on any atom is 0.259 e. The summed E-state index contributed by atoms with van der Waals surface area (Å²) in [7, 11) is 1.56. The van der Waals surface area contributed by atoms with Gasteiger partial charge in [-0.2, -0.15) is 4.98 Å². The van der Waals surface area contributed by atoms with Gasteiger partial charge in [0.2, 0.25) is 5.88 Å². The first-order chi connectivity index (χ1) is 13.7. The zero-order valence-electron chi connectivity index (χ0n) is 15.7. The molecule has 0 radical (unpaired) electrons. The lowest BCUT2D eigenvalue weighted by atomic mass is 10.2. The number of carbonyl (C=O) groups excluding carboxylic acids is 1.